The summed E-state index contributed by atoms with van der Waals surface area (Å²) >= 11 is 0. The molecule has 4 rings (SSSR count). The first-order chi connectivity index (χ1) is 12.7. The van der Waals surface area contributed by atoms with Crippen LogP contribution in [0.5, 0.6) is 0 Å². The molecule has 4 saturated carbocycles. The normalized spacial score (nSPS) is 49.0. The first-order valence-electron chi connectivity index (χ1n) is 10.9. The summed E-state index contributed by atoms with van der Waals surface area (Å²) in [5, 5.41) is 0. The van der Waals surface area contributed by atoms with E-state index in [1.54, 1.807) is 6.92 Å². The summed E-state index contributed by atoms with van der Waals surface area (Å²) in [6, 6.07) is 0. The predicted molar refractivity (Wildman–Crippen MR) is 102 cm³/mol. The van der Waals surface area contributed by atoms with Gasteiger partial charge in [-0.05, 0) is 81.0 Å². The van der Waals surface area contributed by atoms with E-state index in [9.17, 15) is 14.4 Å². The van der Waals surface area contributed by atoms with Crippen molar-refractivity contribution in [2.75, 3.05) is 0 Å². The maximum absolute atomic E-state index is 13.4. The van der Waals surface area contributed by atoms with E-state index in [0.29, 0.717) is 35.9 Å². The number of carbonyl (C=O) groups is 3. The van der Waals surface area contributed by atoms with Crippen molar-refractivity contribution in [3.63, 3.8) is 0 Å². The first kappa shape index (κ1) is 19.1. The molecule has 0 aromatic carbocycles. The van der Waals surface area contributed by atoms with E-state index in [2.05, 4.69) is 13.8 Å². The van der Waals surface area contributed by atoms with Crippen molar-refractivity contribution in [3.8, 4) is 0 Å². The van der Waals surface area contributed by atoms with Gasteiger partial charge in [-0.15, -0.1) is 0 Å². The molecule has 0 aromatic rings. The molecular formula is C23H34O4. The second kappa shape index (κ2) is 6.42. The lowest BCUT2D eigenvalue weighted by Crippen LogP contribution is -2.57. The fourth-order valence-electron chi connectivity index (χ4n) is 7.92. The first-order valence-corrected chi connectivity index (χ1v) is 10.9. The molecule has 0 N–H and O–H groups in total. The number of rotatable bonds is 2. The molecule has 4 aliphatic rings. The van der Waals surface area contributed by atoms with Crippen molar-refractivity contribution >= 4 is 17.5 Å². The van der Waals surface area contributed by atoms with Gasteiger partial charge in [0.25, 0.3) is 0 Å². The smallest absolute Gasteiger partial charge is 0.302 e. The summed E-state index contributed by atoms with van der Waals surface area (Å²) in [6.45, 7) is 7.66. The molecule has 150 valence electrons. The third-order valence-electron chi connectivity index (χ3n) is 9.30. The van der Waals surface area contributed by atoms with Gasteiger partial charge >= 0.3 is 5.97 Å². The van der Waals surface area contributed by atoms with Crippen LogP contribution in [0.25, 0.3) is 0 Å². The Morgan fingerprint density at radius 2 is 1.74 bits per heavy atom. The van der Waals surface area contributed by atoms with Gasteiger partial charge in [0, 0.05) is 24.7 Å². The molecule has 0 saturated heterocycles. The van der Waals surface area contributed by atoms with Crippen LogP contribution >= 0.6 is 0 Å². The minimum Gasteiger partial charge on any atom is -0.463 e. The average Bonchev–Trinajstić information content (AvgIpc) is 2.95. The number of hydrogen-bond acceptors (Lipinski definition) is 4. The highest BCUT2D eigenvalue weighted by Crippen LogP contribution is 2.66. The lowest BCUT2D eigenvalue weighted by Gasteiger charge is -2.60. The van der Waals surface area contributed by atoms with E-state index in [1.165, 1.54) is 13.3 Å². The topological polar surface area (TPSA) is 60.4 Å². The third-order valence-corrected chi connectivity index (χ3v) is 9.30. The van der Waals surface area contributed by atoms with Crippen LogP contribution in [0.4, 0.5) is 0 Å². The molecule has 27 heavy (non-hydrogen) atoms. The molecule has 0 aromatic heterocycles. The fourth-order valence-corrected chi connectivity index (χ4v) is 7.92. The molecule has 4 aliphatic carbocycles. The molecule has 0 radical (unpaired) electrons. The highest BCUT2D eigenvalue weighted by Gasteiger charge is 2.64. The number of ketones is 2. The van der Waals surface area contributed by atoms with Crippen LogP contribution in [0, 0.1) is 40.4 Å². The number of ether oxygens (including phenoxy) is 1. The monoisotopic (exact) mass is 374 g/mol. The lowest BCUT2D eigenvalue weighted by atomic mass is 9.44. The molecule has 0 amide bonds. The number of esters is 1. The standard InChI is InChI=1S/C23H34O4/c1-13(24)18-7-8-19-17-6-5-15-11-16(27-14(2)25)9-10-22(15,3)20(17)12-21(26)23(18,19)4/h15-20H,5-12H2,1-4H3/t15-,16-,17?,18?,19?,20?,22-,23+/m0/s1. The zero-order chi connectivity index (χ0) is 19.6. The van der Waals surface area contributed by atoms with Gasteiger partial charge in [-0.2, -0.15) is 0 Å². The Balaban J connectivity index is 1.59. The summed E-state index contributed by atoms with van der Waals surface area (Å²) in [4.78, 5) is 37.0. The van der Waals surface area contributed by atoms with E-state index in [0.717, 1.165) is 38.5 Å². The summed E-state index contributed by atoms with van der Waals surface area (Å²) in [7, 11) is 0. The zero-order valence-electron chi connectivity index (χ0n) is 17.3. The van der Waals surface area contributed by atoms with Gasteiger partial charge in [-0.25, -0.2) is 0 Å². The lowest BCUT2D eigenvalue weighted by molar-refractivity contribution is -0.167. The summed E-state index contributed by atoms with van der Waals surface area (Å²) in [5.74, 6) is 2.22. The highest BCUT2D eigenvalue weighted by atomic mass is 16.5. The molecular weight excluding hydrogens is 340 g/mol. The summed E-state index contributed by atoms with van der Waals surface area (Å²) in [6.07, 6.45) is 7.86. The van der Waals surface area contributed by atoms with Crippen molar-refractivity contribution in [1.29, 1.82) is 0 Å². The van der Waals surface area contributed by atoms with Gasteiger partial charge in [-0.1, -0.05) is 13.8 Å². The Bertz CT molecular complexity index is 669. The predicted octanol–water partition coefficient (Wildman–Crippen LogP) is 4.35. The molecule has 0 spiro atoms. The van der Waals surface area contributed by atoms with E-state index >= 15 is 0 Å². The van der Waals surface area contributed by atoms with Crippen LogP contribution < -0.4 is 0 Å². The van der Waals surface area contributed by atoms with E-state index < -0.39 is 5.41 Å². The molecule has 4 heteroatoms. The quantitative estimate of drug-likeness (QED) is 0.675. The Labute approximate surface area is 162 Å². The Kier molecular flexibility index (Phi) is 4.55. The van der Waals surface area contributed by atoms with Crippen molar-refractivity contribution in [2.24, 2.45) is 40.4 Å². The SMILES string of the molecule is CC(=O)O[C@H]1CC[C@]2(C)C3CC(=O)[C@]4(C)C(C(C)=O)CCC4C3CC[C@H]2C1. The van der Waals surface area contributed by atoms with Crippen LogP contribution in [0.15, 0.2) is 0 Å². The molecule has 0 aliphatic heterocycles. The molecule has 4 fully saturated rings. The molecule has 4 nitrogen and oxygen atoms in total. The van der Waals surface area contributed by atoms with Gasteiger partial charge in [0.2, 0.25) is 0 Å². The second-order valence-electron chi connectivity index (χ2n) is 10.3. The Morgan fingerprint density at radius 1 is 1.00 bits per heavy atom. The van der Waals surface area contributed by atoms with Gasteiger partial charge in [0.15, 0.2) is 0 Å². The minimum atomic E-state index is -0.425. The molecule has 0 heterocycles. The van der Waals surface area contributed by atoms with Gasteiger partial charge < -0.3 is 4.74 Å². The zero-order valence-corrected chi connectivity index (χ0v) is 17.3. The average molecular weight is 375 g/mol. The van der Waals surface area contributed by atoms with Gasteiger partial charge in [-0.3, -0.25) is 14.4 Å². The number of fused-ring (bicyclic) bond motifs is 5. The Hall–Kier alpha value is -1.19. The maximum atomic E-state index is 13.4. The largest absolute Gasteiger partial charge is 0.463 e. The van der Waals surface area contributed by atoms with Crippen molar-refractivity contribution in [3.05, 3.63) is 0 Å². The highest BCUT2D eigenvalue weighted by molar-refractivity contribution is 5.93. The van der Waals surface area contributed by atoms with Gasteiger partial charge in [0.05, 0.1) is 0 Å². The second-order valence-corrected chi connectivity index (χ2v) is 10.3. The van der Waals surface area contributed by atoms with Crippen molar-refractivity contribution in [1.82, 2.24) is 0 Å². The summed E-state index contributed by atoms with van der Waals surface area (Å²) in [5.41, 5.74) is -0.254. The maximum Gasteiger partial charge on any atom is 0.302 e. The summed E-state index contributed by atoms with van der Waals surface area (Å²) < 4.78 is 5.52. The molecule has 4 unspecified atom stereocenters. The third kappa shape index (κ3) is 2.73. The number of Topliss-reactive ketones (excluding diaryl/α,β-unsaturated/α-hetero) is 2. The van der Waals surface area contributed by atoms with E-state index in [1.807, 2.05) is 0 Å². The minimum absolute atomic E-state index is 0.0512. The Morgan fingerprint density at radius 3 is 2.41 bits per heavy atom. The van der Waals surface area contributed by atoms with Crippen molar-refractivity contribution in [2.45, 2.75) is 85.2 Å². The van der Waals surface area contributed by atoms with Gasteiger partial charge in [0.1, 0.15) is 17.7 Å². The van der Waals surface area contributed by atoms with Crippen LogP contribution in [-0.2, 0) is 19.1 Å². The molecule has 0 bridgehead atoms. The number of carbonyl (C=O) groups excluding carboxylic acids is 3. The van der Waals surface area contributed by atoms with Crippen molar-refractivity contribution < 1.29 is 19.1 Å². The fraction of sp³-hybridized carbons (Fsp3) is 0.870. The van der Waals surface area contributed by atoms with Crippen LogP contribution in [-0.4, -0.2) is 23.6 Å². The van der Waals surface area contributed by atoms with Crippen LogP contribution in [0.2, 0.25) is 0 Å². The molecule has 8 atom stereocenters. The number of hydrogen-bond donors (Lipinski definition) is 0. The van der Waals surface area contributed by atoms with Crippen LogP contribution in [0.1, 0.15) is 79.1 Å². The van der Waals surface area contributed by atoms with Crippen LogP contribution in [0.3, 0.4) is 0 Å². The van der Waals surface area contributed by atoms with E-state index in [4.69, 9.17) is 4.74 Å². The van der Waals surface area contributed by atoms with E-state index in [-0.39, 0.29) is 29.2 Å².